The Bertz CT molecular complexity index is 3950. The number of fused-ring (bicyclic) bond motifs is 13. The van der Waals surface area contributed by atoms with Crippen LogP contribution in [-0.2, 0) is 21.7 Å². The van der Waals surface area contributed by atoms with Crippen molar-refractivity contribution in [3.05, 3.63) is 180 Å². The van der Waals surface area contributed by atoms with Crippen molar-refractivity contribution in [2.45, 2.75) is 105 Å². The first-order valence-electron chi connectivity index (χ1n) is 25.8. The Kier molecular flexibility index (Phi) is 9.51. The molecule has 4 nitrogen and oxygen atoms in total. The highest BCUT2D eigenvalue weighted by Gasteiger charge is 2.47. The third-order valence-electron chi connectivity index (χ3n) is 15.8. The Labute approximate surface area is 428 Å². The fourth-order valence-electron chi connectivity index (χ4n) is 11.8. The molecule has 8 aromatic carbocycles. The van der Waals surface area contributed by atoms with Crippen molar-refractivity contribution in [2.24, 2.45) is 0 Å². The quantitative estimate of drug-likeness (QED) is 0.164. The van der Waals surface area contributed by atoms with Gasteiger partial charge in [-0.15, -0.1) is 11.3 Å². The van der Waals surface area contributed by atoms with Crippen molar-refractivity contribution in [3.8, 4) is 16.8 Å². The second kappa shape index (κ2) is 15.3. The molecular weight excluding hydrogens is 894 g/mol. The van der Waals surface area contributed by atoms with E-state index in [4.69, 9.17) is 4.42 Å². The molecule has 0 unspecified atom stereocenters. The lowest BCUT2D eigenvalue weighted by molar-refractivity contribution is 0.590. The van der Waals surface area contributed by atoms with Crippen LogP contribution in [0.1, 0.15) is 105 Å². The van der Waals surface area contributed by atoms with Gasteiger partial charge in [0.25, 0.3) is 0 Å². The summed E-state index contributed by atoms with van der Waals surface area (Å²) in [4.78, 5) is 5.03. The molecule has 13 rings (SSSR count). The van der Waals surface area contributed by atoms with Gasteiger partial charge in [0.1, 0.15) is 11.2 Å². The van der Waals surface area contributed by atoms with Crippen LogP contribution < -0.4 is 20.8 Å². The summed E-state index contributed by atoms with van der Waals surface area (Å²) in [6.45, 7) is 27.3. The Hall–Kier alpha value is -7.02. The van der Waals surface area contributed by atoms with E-state index in [1.165, 1.54) is 80.8 Å². The number of furan rings is 1. The van der Waals surface area contributed by atoms with Gasteiger partial charge >= 0.3 is 6.85 Å². The van der Waals surface area contributed by atoms with Crippen LogP contribution in [-0.4, -0.2) is 11.4 Å². The van der Waals surface area contributed by atoms with Gasteiger partial charge in [0, 0.05) is 70.3 Å². The molecule has 0 radical (unpaired) electrons. The topological polar surface area (TPSA) is 24.6 Å². The summed E-state index contributed by atoms with van der Waals surface area (Å²) in [6, 6.07) is 60.4. The predicted molar refractivity (Wildman–Crippen MR) is 312 cm³/mol. The van der Waals surface area contributed by atoms with Gasteiger partial charge in [0.2, 0.25) is 0 Å². The third-order valence-corrected chi connectivity index (χ3v) is 16.9. The molecule has 0 spiro atoms. The smallest absolute Gasteiger partial charge is 0.375 e. The molecule has 11 aromatic rings. The Morgan fingerprint density at radius 2 is 1.04 bits per heavy atom. The highest BCUT2D eigenvalue weighted by Crippen LogP contribution is 2.50. The third kappa shape index (κ3) is 6.78. The first kappa shape index (κ1) is 44.9. The Morgan fingerprint density at radius 3 is 1.67 bits per heavy atom. The molecule has 0 fully saturated rings. The summed E-state index contributed by atoms with van der Waals surface area (Å²) in [5.41, 5.74) is 20.1. The maximum Gasteiger partial charge on any atom is 0.375 e. The van der Waals surface area contributed by atoms with Crippen molar-refractivity contribution < 1.29 is 4.42 Å². The van der Waals surface area contributed by atoms with E-state index >= 15 is 0 Å². The van der Waals surface area contributed by atoms with Gasteiger partial charge in [-0.1, -0.05) is 156 Å². The Balaban J connectivity index is 1.13. The van der Waals surface area contributed by atoms with E-state index in [0.717, 1.165) is 50.8 Å². The minimum atomic E-state index is -0.243. The first-order chi connectivity index (χ1) is 34.2. The molecule has 0 atom stereocenters. The zero-order valence-electron chi connectivity index (χ0n) is 43.7. The van der Waals surface area contributed by atoms with E-state index in [2.05, 4.69) is 255 Å². The maximum absolute atomic E-state index is 7.41. The molecule has 0 bridgehead atoms. The van der Waals surface area contributed by atoms with E-state index in [1.807, 2.05) is 11.3 Å². The van der Waals surface area contributed by atoms with E-state index in [1.54, 1.807) is 0 Å². The highest BCUT2D eigenvalue weighted by atomic mass is 32.1. The fourth-order valence-corrected chi connectivity index (χ4v) is 12.9. The van der Waals surface area contributed by atoms with E-state index in [9.17, 15) is 0 Å². The number of benzene rings is 8. The lowest BCUT2D eigenvalue weighted by Crippen LogP contribution is -2.60. The monoisotopic (exact) mass is 955 g/mol. The van der Waals surface area contributed by atoms with Crippen LogP contribution in [0.4, 0.5) is 28.4 Å². The van der Waals surface area contributed by atoms with Crippen LogP contribution in [0.5, 0.6) is 0 Å². The molecule has 2 aliphatic heterocycles. The van der Waals surface area contributed by atoms with Crippen molar-refractivity contribution >= 4 is 111 Å². The number of nitrogens with zero attached hydrogens (tertiary/aromatic N) is 3. The first-order valence-corrected chi connectivity index (χ1v) is 26.6. The molecule has 3 aromatic heterocycles. The van der Waals surface area contributed by atoms with Gasteiger partial charge in [-0.2, -0.15) is 0 Å². The number of hydrogen-bond donors (Lipinski definition) is 0. The fraction of sp³-hybridized carbons (Fsp3) is 0.242. The van der Waals surface area contributed by atoms with Gasteiger partial charge in [-0.25, -0.2) is 0 Å². The molecular formula is C66H62BN3OS. The molecule has 0 saturated heterocycles. The number of hydrogen-bond acceptors (Lipinski definition) is 4. The lowest BCUT2D eigenvalue weighted by atomic mass is 9.46. The molecule has 0 amide bonds. The van der Waals surface area contributed by atoms with E-state index in [-0.39, 0.29) is 28.5 Å². The molecule has 72 heavy (non-hydrogen) atoms. The second-order valence-electron chi connectivity index (χ2n) is 24.7. The molecule has 0 aliphatic carbocycles. The zero-order valence-corrected chi connectivity index (χ0v) is 44.6. The van der Waals surface area contributed by atoms with E-state index < -0.39 is 0 Å². The zero-order chi connectivity index (χ0) is 50.0. The second-order valence-corrected chi connectivity index (χ2v) is 25.8. The normalized spacial score (nSPS) is 13.8. The SMILES string of the molecule is CC(C)(C)c1ccc(N2B3c4oc5ccc(C(C)(C)C)cc5c4-n4c5cc6sc7ccccc7c6cc5c5ccc(c3c54)-c3cc(N(c4ccc(C(C)(C)C)cc4)c4ccc(C(C)(C)C)cc4)ccc32)cc1. The van der Waals surface area contributed by atoms with Gasteiger partial charge in [0.15, 0.2) is 0 Å². The summed E-state index contributed by atoms with van der Waals surface area (Å²) in [5, 5.41) is 6.30. The Morgan fingerprint density at radius 1 is 0.458 bits per heavy atom. The van der Waals surface area contributed by atoms with Crippen LogP contribution in [0.3, 0.4) is 0 Å². The molecule has 5 heterocycles. The largest absolute Gasteiger partial charge is 0.466 e. The summed E-state index contributed by atoms with van der Waals surface area (Å²) < 4.78 is 12.6. The lowest BCUT2D eigenvalue weighted by Gasteiger charge is -2.41. The van der Waals surface area contributed by atoms with Crippen LogP contribution in [0.15, 0.2) is 162 Å². The minimum Gasteiger partial charge on any atom is -0.466 e. The summed E-state index contributed by atoms with van der Waals surface area (Å²) in [6.07, 6.45) is 0. The van der Waals surface area contributed by atoms with Crippen LogP contribution in [0.25, 0.3) is 69.8 Å². The number of thiophene rings is 1. The molecule has 356 valence electrons. The van der Waals surface area contributed by atoms with Gasteiger partial charge in [-0.05, 0) is 140 Å². The summed E-state index contributed by atoms with van der Waals surface area (Å²) >= 11 is 1.89. The van der Waals surface area contributed by atoms with Gasteiger partial charge < -0.3 is 18.7 Å². The number of rotatable bonds is 4. The number of aromatic nitrogens is 1. The maximum atomic E-state index is 7.41. The predicted octanol–water partition coefficient (Wildman–Crippen LogP) is 17.8. The standard InChI is InChI=1S/C66H62BN3OS/c1-63(2,3)39-17-24-43(25-18-39)68(44-26-19-40(20-27-44)64(4,5)6)46-30-33-54-50(36-46)48-31-32-49-51-37-52-47-15-13-14-16-57(47)72-58(52)38-55(51)69-60(49)59(48)67(70(54)45-28-21-41(22-29-45)65(7,8)9)62-61(69)53-35-42(66(10,11)12)23-34-56(53)71-62/h13-38H,1-12H3. The molecule has 0 N–H and O–H groups in total. The summed E-state index contributed by atoms with van der Waals surface area (Å²) in [5.74, 6) is 0. The van der Waals surface area contributed by atoms with Crippen molar-refractivity contribution in [3.63, 3.8) is 0 Å². The minimum absolute atomic E-state index is 0.00710. The molecule has 2 aliphatic rings. The van der Waals surface area contributed by atoms with E-state index in [0.29, 0.717) is 0 Å². The van der Waals surface area contributed by atoms with Crippen molar-refractivity contribution in [2.75, 3.05) is 9.71 Å². The van der Waals surface area contributed by atoms with Gasteiger partial charge in [-0.3, -0.25) is 0 Å². The van der Waals surface area contributed by atoms with Gasteiger partial charge in [0.05, 0.1) is 16.7 Å². The average molecular weight is 956 g/mol. The average Bonchev–Trinajstić information content (AvgIpc) is 4.01. The van der Waals surface area contributed by atoms with Crippen LogP contribution >= 0.6 is 11.3 Å². The van der Waals surface area contributed by atoms with Crippen molar-refractivity contribution in [1.82, 2.24) is 4.57 Å². The molecule has 0 saturated carbocycles. The van der Waals surface area contributed by atoms with Crippen LogP contribution in [0.2, 0.25) is 0 Å². The number of anilines is 5. The summed E-state index contributed by atoms with van der Waals surface area (Å²) in [7, 11) is 0. The molecule has 6 heteroatoms. The highest BCUT2D eigenvalue weighted by molar-refractivity contribution is 7.25. The van der Waals surface area contributed by atoms with Crippen LogP contribution in [0, 0.1) is 0 Å². The van der Waals surface area contributed by atoms with Crippen molar-refractivity contribution in [1.29, 1.82) is 0 Å².